The zero-order chi connectivity index (χ0) is 23.8. The van der Waals surface area contributed by atoms with E-state index < -0.39 is 6.10 Å². The molecule has 1 aromatic carbocycles. The van der Waals surface area contributed by atoms with Crippen molar-refractivity contribution in [2.45, 2.75) is 32.9 Å². The molecule has 1 unspecified atom stereocenters. The summed E-state index contributed by atoms with van der Waals surface area (Å²) < 4.78 is 10.9. The first-order chi connectivity index (χ1) is 15.9. The highest BCUT2D eigenvalue weighted by molar-refractivity contribution is 7.17. The molecule has 178 valence electrons. The maximum Gasteiger partial charge on any atom is 0.260 e. The molecule has 2 N–H and O–H groups in total. The van der Waals surface area contributed by atoms with Crippen LogP contribution in [0.4, 0.5) is 0 Å². The van der Waals surface area contributed by atoms with Crippen molar-refractivity contribution in [1.82, 2.24) is 14.9 Å². The lowest BCUT2D eigenvalue weighted by molar-refractivity contribution is 0.0232. The number of aliphatic hydroxyl groups excluding tert-OH is 1. The van der Waals surface area contributed by atoms with Gasteiger partial charge in [0.1, 0.15) is 16.4 Å². The third-order valence-corrected chi connectivity index (χ3v) is 6.17. The molecule has 33 heavy (non-hydrogen) atoms. The predicted molar refractivity (Wildman–Crippen MR) is 134 cm³/mol. The van der Waals surface area contributed by atoms with E-state index >= 15 is 0 Å². The summed E-state index contributed by atoms with van der Waals surface area (Å²) >= 11 is 1.45. The van der Waals surface area contributed by atoms with Crippen LogP contribution in [0.15, 0.2) is 47.1 Å². The molecule has 0 amide bonds. The van der Waals surface area contributed by atoms with E-state index in [1.165, 1.54) is 11.3 Å². The van der Waals surface area contributed by atoms with Crippen LogP contribution >= 0.6 is 11.3 Å². The van der Waals surface area contributed by atoms with Gasteiger partial charge in [-0.1, -0.05) is 38.1 Å². The van der Waals surface area contributed by atoms with Gasteiger partial charge in [-0.05, 0) is 24.9 Å². The van der Waals surface area contributed by atoms with Gasteiger partial charge in [0.05, 0.1) is 38.4 Å². The molecule has 2 aromatic heterocycles. The summed E-state index contributed by atoms with van der Waals surface area (Å²) in [7, 11) is 1.62. The van der Waals surface area contributed by atoms with E-state index in [2.05, 4.69) is 30.3 Å². The van der Waals surface area contributed by atoms with Gasteiger partial charge in [0, 0.05) is 23.1 Å². The van der Waals surface area contributed by atoms with Crippen molar-refractivity contribution in [3.8, 4) is 16.9 Å². The molecule has 0 aliphatic rings. The van der Waals surface area contributed by atoms with E-state index in [0.717, 1.165) is 24.1 Å². The van der Waals surface area contributed by atoms with Gasteiger partial charge in [0.25, 0.3) is 5.56 Å². The van der Waals surface area contributed by atoms with Crippen LogP contribution < -0.4 is 10.3 Å². The quantitative estimate of drug-likeness (QED) is 0.289. The molecule has 8 heteroatoms. The lowest BCUT2D eigenvalue weighted by Gasteiger charge is -2.25. The highest BCUT2D eigenvalue weighted by atomic mass is 32.1. The van der Waals surface area contributed by atoms with Crippen LogP contribution in [0.3, 0.4) is 0 Å². The second kappa shape index (κ2) is 12.1. The normalized spacial score (nSPS) is 12.5. The van der Waals surface area contributed by atoms with Gasteiger partial charge >= 0.3 is 0 Å². The maximum atomic E-state index is 13.1. The predicted octanol–water partition coefficient (Wildman–Crippen LogP) is 4.07. The van der Waals surface area contributed by atoms with E-state index in [4.69, 9.17) is 14.5 Å². The van der Waals surface area contributed by atoms with Gasteiger partial charge in [-0.25, -0.2) is 4.98 Å². The first kappa shape index (κ1) is 25.1. The Morgan fingerprint density at radius 1 is 1.30 bits per heavy atom. The summed E-state index contributed by atoms with van der Waals surface area (Å²) in [4.78, 5) is 23.6. The summed E-state index contributed by atoms with van der Waals surface area (Å²) in [6.45, 7) is 10.3. The molecule has 0 saturated carbocycles. The molecule has 0 spiro atoms. The Labute approximate surface area is 198 Å². The third-order valence-electron chi connectivity index (χ3n) is 5.30. The Morgan fingerprint density at radius 2 is 2.09 bits per heavy atom. The second-order valence-electron chi connectivity index (χ2n) is 8.44. The number of hydrogen-bond donors (Lipinski definition) is 2. The number of rotatable bonds is 13. The fourth-order valence-electron chi connectivity index (χ4n) is 3.66. The number of methoxy groups -OCH3 is 1. The van der Waals surface area contributed by atoms with Crippen LogP contribution in [0.5, 0.6) is 5.75 Å². The number of aromatic amines is 1. The summed E-state index contributed by atoms with van der Waals surface area (Å²) in [5.41, 5.74) is 1.52. The first-order valence-electron chi connectivity index (χ1n) is 11.2. The topological polar surface area (TPSA) is 87.7 Å². The zero-order valence-corrected chi connectivity index (χ0v) is 20.4. The number of nitrogens with one attached hydrogen (secondary N) is 1. The van der Waals surface area contributed by atoms with Crippen molar-refractivity contribution in [1.29, 1.82) is 0 Å². The summed E-state index contributed by atoms with van der Waals surface area (Å²) in [6, 6.07) is 7.65. The maximum absolute atomic E-state index is 13.1. The van der Waals surface area contributed by atoms with Crippen molar-refractivity contribution >= 4 is 21.6 Å². The highest BCUT2D eigenvalue weighted by Crippen LogP contribution is 2.36. The van der Waals surface area contributed by atoms with Crippen LogP contribution in [0.1, 0.15) is 26.1 Å². The third kappa shape index (κ3) is 6.74. The number of benzene rings is 1. The van der Waals surface area contributed by atoms with Gasteiger partial charge in [-0.3, -0.25) is 9.69 Å². The molecule has 3 rings (SSSR count). The van der Waals surface area contributed by atoms with Crippen molar-refractivity contribution in [2.75, 3.05) is 33.4 Å². The van der Waals surface area contributed by atoms with Gasteiger partial charge in [-0.15, -0.1) is 17.9 Å². The molecule has 0 aliphatic carbocycles. The van der Waals surface area contributed by atoms with Crippen LogP contribution in [0.2, 0.25) is 0 Å². The molecule has 0 fully saturated rings. The Bertz CT molecular complexity index is 1110. The second-order valence-corrected chi connectivity index (χ2v) is 9.30. The Hall–Kier alpha value is -2.52. The highest BCUT2D eigenvalue weighted by Gasteiger charge is 2.18. The minimum Gasteiger partial charge on any atom is -0.496 e. The molecule has 3 aromatic rings. The van der Waals surface area contributed by atoms with Crippen molar-refractivity contribution < 1.29 is 14.6 Å². The zero-order valence-electron chi connectivity index (χ0n) is 19.5. The fourth-order valence-corrected chi connectivity index (χ4v) is 4.62. The summed E-state index contributed by atoms with van der Waals surface area (Å²) in [6.07, 6.45) is 2.00. The molecule has 0 aliphatic heterocycles. The van der Waals surface area contributed by atoms with Crippen LogP contribution in [-0.4, -0.2) is 59.5 Å². The number of aliphatic hydroxyl groups is 1. The molecule has 0 radical (unpaired) electrons. The van der Waals surface area contributed by atoms with E-state index in [0.29, 0.717) is 47.4 Å². The number of thiophene rings is 1. The lowest BCUT2D eigenvalue weighted by atomic mass is 10.1. The van der Waals surface area contributed by atoms with Gasteiger partial charge in [0.15, 0.2) is 0 Å². The monoisotopic (exact) mass is 471 g/mol. The number of hydrogen-bond acceptors (Lipinski definition) is 7. The summed E-state index contributed by atoms with van der Waals surface area (Å²) in [5, 5.41) is 12.9. The minimum absolute atomic E-state index is 0.171. The molecule has 7 nitrogen and oxygen atoms in total. The van der Waals surface area contributed by atoms with Crippen LogP contribution in [0, 0.1) is 5.92 Å². The first-order valence-corrected chi connectivity index (χ1v) is 12.0. The standard InChI is InChI=1S/C25H33N3O4S/c1-5-12-32-15-18(29)13-28(11-10-17(2)3)14-22-26-24(30)23-20(16-33-25(23)27-22)19-8-6-7-9-21(19)31-4/h5-9,16-18,29H,1,10-15H2,2-4H3,(H,26,27,30). The smallest absolute Gasteiger partial charge is 0.260 e. The van der Waals surface area contributed by atoms with Gasteiger partial charge in [-0.2, -0.15) is 0 Å². The molecule has 0 saturated heterocycles. The van der Waals surface area contributed by atoms with E-state index in [1.807, 2.05) is 29.6 Å². The Kier molecular flexibility index (Phi) is 9.20. The van der Waals surface area contributed by atoms with Crippen molar-refractivity contribution in [3.63, 3.8) is 0 Å². The largest absolute Gasteiger partial charge is 0.496 e. The van der Waals surface area contributed by atoms with Crippen LogP contribution in [0.25, 0.3) is 21.3 Å². The average Bonchev–Trinajstić information content (AvgIpc) is 3.22. The lowest BCUT2D eigenvalue weighted by Crippen LogP contribution is -2.36. The molecule has 2 heterocycles. The van der Waals surface area contributed by atoms with E-state index in [-0.39, 0.29) is 12.2 Å². The number of H-pyrrole nitrogens is 1. The SMILES string of the molecule is C=CCOCC(O)CN(CCC(C)C)Cc1nc2scc(-c3ccccc3OC)c2c(=O)[nH]1. The number of aromatic nitrogens is 2. The number of fused-ring (bicyclic) bond motifs is 1. The van der Waals surface area contributed by atoms with Crippen LogP contribution in [-0.2, 0) is 11.3 Å². The number of nitrogens with zero attached hydrogens (tertiary/aromatic N) is 2. The minimum atomic E-state index is -0.633. The molecular formula is C25H33N3O4S. The molecule has 1 atom stereocenters. The van der Waals surface area contributed by atoms with E-state index in [1.54, 1.807) is 13.2 Å². The van der Waals surface area contributed by atoms with Gasteiger partial charge in [0.2, 0.25) is 0 Å². The Morgan fingerprint density at radius 3 is 2.82 bits per heavy atom. The molecular weight excluding hydrogens is 438 g/mol. The summed E-state index contributed by atoms with van der Waals surface area (Å²) in [5.74, 6) is 1.83. The van der Waals surface area contributed by atoms with E-state index in [9.17, 15) is 9.90 Å². The number of para-hydroxylation sites is 1. The Balaban J connectivity index is 1.84. The van der Waals surface area contributed by atoms with Gasteiger partial charge < -0.3 is 19.6 Å². The van der Waals surface area contributed by atoms with Crippen molar-refractivity contribution in [3.05, 3.63) is 58.5 Å². The average molecular weight is 472 g/mol. The molecule has 0 bridgehead atoms. The van der Waals surface area contributed by atoms with Crippen molar-refractivity contribution in [2.24, 2.45) is 5.92 Å². The fraction of sp³-hybridized carbons (Fsp3) is 0.440. The number of ether oxygens (including phenoxy) is 2.